The SMILES string of the molecule is C#CCNS(=O)(=O)c1ccc(C(=O)Nc2ccc(C)cc2OCc2ccccc2)cc1. The van der Waals surface area contributed by atoms with Crippen molar-refractivity contribution in [1.29, 1.82) is 0 Å². The highest BCUT2D eigenvalue weighted by atomic mass is 32.2. The molecule has 2 N–H and O–H groups in total. The highest BCUT2D eigenvalue weighted by molar-refractivity contribution is 7.89. The van der Waals surface area contributed by atoms with Crippen LogP contribution in [0.25, 0.3) is 0 Å². The van der Waals surface area contributed by atoms with Crippen molar-refractivity contribution >= 4 is 21.6 Å². The minimum absolute atomic E-state index is 0.0292. The highest BCUT2D eigenvalue weighted by Gasteiger charge is 2.15. The number of ether oxygens (including phenoxy) is 1. The topological polar surface area (TPSA) is 84.5 Å². The van der Waals surface area contributed by atoms with E-state index >= 15 is 0 Å². The van der Waals surface area contributed by atoms with Crippen LogP contribution in [0.4, 0.5) is 5.69 Å². The van der Waals surface area contributed by atoms with Crippen molar-refractivity contribution in [1.82, 2.24) is 4.72 Å². The summed E-state index contributed by atoms with van der Waals surface area (Å²) in [5.74, 6) is 2.38. The fraction of sp³-hybridized carbons (Fsp3) is 0.125. The molecule has 7 heteroatoms. The van der Waals surface area contributed by atoms with E-state index in [4.69, 9.17) is 11.2 Å². The molecule has 0 atom stereocenters. The van der Waals surface area contributed by atoms with Crippen LogP contribution >= 0.6 is 0 Å². The van der Waals surface area contributed by atoms with Gasteiger partial charge < -0.3 is 10.1 Å². The van der Waals surface area contributed by atoms with Gasteiger partial charge in [0.15, 0.2) is 0 Å². The lowest BCUT2D eigenvalue weighted by molar-refractivity contribution is 0.102. The zero-order valence-electron chi connectivity index (χ0n) is 17.0. The van der Waals surface area contributed by atoms with Crippen molar-refractivity contribution in [3.63, 3.8) is 0 Å². The number of sulfonamides is 1. The van der Waals surface area contributed by atoms with Gasteiger partial charge in [0.1, 0.15) is 12.4 Å². The normalized spacial score (nSPS) is 10.8. The minimum atomic E-state index is -3.71. The average molecular weight is 435 g/mol. The number of anilines is 1. The van der Waals surface area contributed by atoms with Gasteiger partial charge in [-0.25, -0.2) is 8.42 Å². The molecule has 0 aromatic heterocycles. The number of benzene rings is 3. The summed E-state index contributed by atoms with van der Waals surface area (Å²) in [6.07, 6.45) is 5.09. The van der Waals surface area contributed by atoms with Crippen LogP contribution < -0.4 is 14.8 Å². The number of hydrogen-bond donors (Lipinski definition) is 2. The predicted octanol–water partition coefficient (Wildman–Crippen LogP) is 3.74. The molecule has 158 valence electrons. The summed E-state index contributed by atoms with van der Waals surface area (Å²) >= 11 is 0. The van der Waals surface area contributed by atoms with E-state index in [1.165, 1.54) is 24.3 Å². The van der Waals surface area contributed by atoms with Crippen LogP contribution in [0, 0.1) is 19.3 Å². The fourth-order valence-corrected chi connectivity index (χ4v) is 3.72. The maximum atomic E-state index is 12.7. The van der Waals surface area contributed by atoms with E-state index in [1.807, 2.05) is 49.4 Å². The largest absolute Gasteiger partial charge is 0.487 e. The van der Waals surface area contributed by atoms with Gasteiger partial charge in [-0.05, 0) is 54.4 Å². The lowest BCUT2D eigenvalue weighted by Gasteiger charge is -2.14. The van der Waals surface area contributed by atoms with Crippen LogP contribution in [0.5, 0.6) is 5.75 Å². The van der Waals surface area contributed by atoms with E-state index in [0.29, 0.717) is 23.6 Å². The molecule has 3 aromatic carbocycles. The quantitative estimate of drug-likeness (QED) is 0.529. The van der Waals surface area contributed by atoms with Crippen molar-refractivity contribution in [3.8, 4) is 18.1 Å². The third-order valence-corrected chi connectivity index (χ3v) is 5.83. The zero-order valence-corrected chi connectivity index (χ0v) is 17.8. The van der Waals surface area contributed by atoms with E-state index < -0.39 is 10.0 Å². The van der Waals surface area contributed by atoms with E-state index in [0.717, 1.165) is 11.1 Å². The summed E-state index contributed by atoms with van der Waals surface area (Å²) in [6, 6.07) is 20.8. The molecule has 0 unspecified atom stereocenters. The van der Waals surface area contributed by atoms with Crippen LogP contribution in [0.1, 0.15) is 21.5 Å². The Kier molecular flexibility index (Phi) is 7.08. The molecule has 0 radical (unpaired) electrons. The number of terminal acetylenes is 1. The maximum Gasteiger partial charge on any atom is 0.255 e. The van der Waals surface area contributed by atoms with Crippen molar-refractivity contribution in [2.75, 3.05) is 11.9 Å². The van der Waals surface area contributed by atoms with E-state index in [-0.39, 0.29) is 17.3 Å². The third kappa shape index (κ3) is 5.95. The van der Waals surface area contributed by atoms with Gasteiger partial charge in [-0.2, -0.15) is 4.72 Å². The molecule has 0 aliphatic heterocycles. The molecule has 0 saturated heterocycles. The Morgan fingerprint density at radius 2 is 1.74 bits per heavy atom. The van der Waals surface area contributed by atoms with Crippen LogP contribution in [-0.4, -0.2) is 20.9 Å². The first-order valence-electron chi connectivity index (χ1n) is 9.51. The maximum absolute atomic E-state index is 12.7. The van der Waals surface area contributed by atoms with Crippen molar-refractivity contribution in [3.05, 3.63) is 89.5 Å². The Morgan fingerprint density at radius 3 is 2.42 bits per heavy atom. The lowest BCUT2D eigenvalue weighted by atomic mass is 10.1. The molecule has 0 saturated carbocycles. The van der Waals surface area contributed by atoms with Crippen LogP contribution in [0.2, 0.25) is 0 Å². The van der Waals surface area contributed by atoms with Gasteiger partial charge in [-0.3, -0.25) is 4.79 Å². The third-order valence-electron chi connectivity index (χ3n) is 4.41. The Bertz CT molecular complexity index is 1200. The summed E-state index contributed by atoms with van der Waals surface area (Å²) in [4.78, 5) is 12.7. The zero-order chi connectivity index (χ0) is 22.3. The van der Waals surface area contributed by atoms with Gasteiger partial charge in [-0.1, -0.05) is 42.3 Å². The Morgan fingerprint density at radius 1 is 1.03 bits per heavy atom. The van der Waals surface area contributed by atoms with Crippen molar-refractivity contribution in [2.24, 2.45) is 0 Å². The standard InChI is InChI=1S/C24H22N2O4S/c1-3-15-25-31(28,29)21-12-10-20(11-13-21)24(27)26-22-14-9-18(2)16-23(22)30-17-19-7-5-4-6-8-19/h1,4-14,16,25H,15,17H2,2H3,(H,26,27). The summed E-state index contributed by atoms with van der Waals surface area (Å²) in [6.45, 7) is 2.20. The van der Waals surface area contributed by atoms with Crippen LogP contribution in [0.15, 0.2) is 77.7 Å². The Labute approximate surface area is 182 Å². The Hall–Kier alpha value is -3.60. The molecule has 31 heavy (non-hydrogen) atoms. The molecule has 0 fully saturated rings. The van der Waals surface area contributed by atoms with Crippen molar-refractivity contribution < 1.29 is 17.9 Å². The molecule has 1 amide bonds. The Balaban J connectivity index is 1.73. The van der Waals surface area contributed by atoms with E-state index in [2.05, 4.69) is 16.0 Å². The molecule has 3 aromatic rings. The number of aryl methyl sites for hydroxylation is 1. The monoisotopic (exact) mass is 434 g/mol. The second kappa shape index (κ2) is 9.94. The summed E-state index contributed by atoms with van der Waals surface area (Å²) in [5.41, 5.74) is 2.84. The van der Waals surface area contributed by atoms with E-state index in [9.17, 15) is 13.2 Å². The molecule has 0 heterocycles. The molecule has 3 rings (SSSR count). The number of nitrogens with one attached hydrogen (secondary N) is 2. The molecular weight excluding hydrogens is 412 g/mol. The summed E-state index contributed by atoms with van der Waals surface area (Å²) in [5, 5.41) is 2.83. The fourth-order valence-electron chi connectivity index (χ4n) is 2.79. The number of carbonyl (C=O) groups excluding carboxylic acids is 1. The molecule has 0 aliphatic rings. The molecule has 0 bridgehead atoms. The molecule has 0 aliphatic carbocycles. The second-order valence-corrected chi connectivity index (χ2v) is 8.55. The minimum Gasteiger partial charge on any atom is -0.487 e. The van der Waals surface area contributed by atoms with Gasteiger partial charge in [0.2, 0.25) is 10.0 Å². The van der Waals surface area contributed by atoms with Gasteiger partial charge in [0.05, 0.1) is 17.1 Å². The first-order valence-corrected chi connectivity index (χ1v) is 11.0. The number of amides is 1. The summed E-state index contributed by atoms with van der Waals surface area (Å²) < 4.78 is 32.4. The van der Waals surface area contributed by atoms with E-state index in [1.54, 1.807) is 6.07 Å². The van der Waals surface area contributed by atoms with Crippen molar-refractivity contribution in [2.45, 2.75) is 18.4 Å². The van der Waals surface area contributed by atoms with Gasteiger partial charge >= 0.3 is 0 Å². The molecule has 0 spiro atoms. The number of hydrogen-bond acceptors (Lipinski definition) is 4. The van der Waals surface area contributed by atoms with Gasteiger partial charge in [0.25, 0.3) is 5.91 Å². The summed E-state index contributed by atoms with van der Waals surface area (Å²) in [7, 11) is -3.71. The molecular formula is C24H22N2O4S. The second-order valence-electron chi connectivity index (χ2n) is 6.78. The lowest BCUT2D eigenvalue weighted by Crippen LogP contribution is -2.24. The van der Waals surface area contributed by atoms with Gasteiger partial charge in [-0.15, -0.1) is 6.42 Å². The first-order chi connectivity index (χ1) is 14.9. The average Bonchev–Trinajstić information content (AvgIpc) is 2.78. The van der Waals surface area contributed by atoms with Gasteiger partial charge in [0, 0.05) is 5.56 Å². The number of carbonyl (C=O) groups is 1. The predicted molar refractivity (Wildman–Crippen MR) is 120 cm³/mol. The molecule has 6 nitrogen and oxygen atoms in total. The smallest absolute Gasteiger partial charge is 0.255 e. The highest BCUT2D eigenvalue weighted by Crippen LogP contribution is 2.27. The van der Waals surface area contributed by atoms with Crippen LogP contribution in [-0.2, 0) is 16.6 Å². The van der Waals surface area contributed by atoms with Crippen LogP contribution in [0.3, 0.4) is 0 Å². The number of rotatable bonds is 8. The first kappa shape index (κ1) is 22.1.